The highest BCUT2D eigenvalue weighted by atomic mass is 32.2. The average Bonchev–Trinajstić information content (AvgIpc) is 2.84. The van der Waals surface area contributed by atoms with E-state index in [0.717, 1.165) is 62.0 Å². The van der Waals surface area contributed by atoms with E-state index in [9.17, 15) is 13.2 Å². The molecule has 1 fully saturated rings. The van der Waals surface area contributed by atoms with Crippen molar-refractivity contribution in [2.24, 2.45) is 11.8 Å². The van der Waals surface area contributed by atoms with Gasteiger partial charge in [-0.3, -0.25) is 4.79 Å². The summed E-state index contributed by atoms with van der Waals surface area (Å²) < 4.78 is 33.5. The molecule has 0 aliphatic heterocycles. The van der Waals surface area contributed by atoms with Crippen LogP contribution in [0.15, 0.2) is 53.4 Å². The fourth-order valence-corrected chi connectivity index (χ4v) is 5.37. The van der Waals surface area contributed by atoms with Gasteiger partial charge in [-0.1, -0.05) is 43.2 Å². The Bertz CT molecular complexity index is 1010. The second-order valence-corrected chi connectivity index (χ2v) is 11.2. The first kappa shape index (κ1) is 26.2. The molecule has 2 aromatic carbocycles. The maximum atomic E-state index is 12.8. The van der Waals surface area contributed by atoms with Crippen molar-refractivity contribution in [2.75, 3.05) is 13.2 Å². The summed E-state index contributed by atoms with van der Waals surface area (Å²) in [5, 5.41) is 3.14. The van der Waals surface area contributed by atoms with Crippen LogP contribution in [0.3, 0.4) is 0 Å². The molecule has 0 bridgehead atoms. The summed E-state index contributed by atoms with van der Waals surface area (Å²) in [6, 6.07) is 14.7. The number of amides is 1. The van der Waals surface area contributed by atoms with Gasteiger partial charge in [0.2, 0.25) is 15.9 Å². The number of hydrogen-bond acceptors (Lipinski definition) is 4. The van der Waals surface area contributed by atoms with E-state index >= 15 is 0 Å². The molecule has 186 valence electrons. The molecule has 0 spiro atoms. The zero-order chi connectivity index (χ0) is 24.6. The van der Waals surface area contributed by atoms with Crippen molar-refractivity contribution < 1.29 is 17.9 Å². The van der Waals surface area contributed by atoms with E-state index in [0.29, 0.717) is 11.4 Å². The minimum Gasteiger partial charge on any atom is -0.494 e. The molecule has 1 amide bonds. The van der Waals surface area contributed by atoms with Crippen LogP contribution in [0.1, 0.15) is 69.5 Å². The Kier molecular flexibility index (Phi) is 9.54. The van der Waals surface area contributed by atoms with Crippen molar-refractivity contribution in [1.82, 2.24) is 10.0 Å². The summed E-state index contributed by atoms with van der Waals surface area (Å²) in [5.41, 5.74) is 2.08. The largest absolute Gasteiger partial charge is 0.494 e. The molecule has 1 aliphatic rings. The van der Waals surface area contributed by atoms with Crippen LogP contribution in [0.4, 0.5) is 0 Å². The standard InChI is InChI=1S/C27H38N2O4S/c1-4-5-18-33-25-14-12-23(13-15-25)21(3)29-27(30)24-10-8-22(9-11-24)19-28-34(31,32)26-16-6-20(2)7-17-26/h6-7,12-17,21-22,24,28H,4-5,8-11,18-19H2,1-3H3,(H,29,30)/t21-,22?,24?/m0/s1. The topological polar surface area (TPSA) is 84.5 Å². The molecule has 0 unspecified atom stereocenters. The Morgan fingerprint density at radius 2 is 1.68 bits per heavy atom. The number of unbranched alkanes of at least 4 members (excludes halogenated alkanes) is 1. The minimum atomic E-state index is -3.50. The quantitative estimate of drug-likeness (QED) is 0.431. The van der Waals surface area contributed by atoms with Crippen LogP contribution in [-0.2, 0) is 14.8 Å². The van der Waals surface area contributed by atoms with E-state index in [2.05, 4.69) is 17.0 Å². The van der Waals surface area contributed by atoms with Crippen molar-refractivity contribution in [1.29, 1.82) is 0 Å². The minimum absolute atomic E-state index is 0.0240. The normalized spacial score (nSPS) is 19.4. The van der Waals surface area contributed by atoms with Gasteiger partial charge in [0.25, 0.3) is 0 Å². The number of carbonyl (C=O) groups is 1. The van der Waals surface area contributed by atoms with Gasteiger partial charge in [0.05, 0.1) is 17.5 Å². The summed E-state index contributed by atoms with van der Waals surface area (Å²) in [6.45, 7) is 7.19. The monoisotopic (exact) mass is 486 g/mol. The Morgan fingerprint density at radius 3 is 2.29 bits per heavy atom. The molecule has 1 atom stereocenters. The second-order valence-electron chi connectivity index (χ2n) is 9.38. The molecule has 0 saturated heterocycles. The fourth-order valence-electron chi connectivity index (χ4n) is 4.26. The second kappa shape index (κ2) is 12.4. The third kappa shape index (κ3) is 7.57. The van der Waals surface area contributed by atoms with E-state index in [1.165, 1.54) is 0 Å². The molecule has 1 saturated carbocycles. The molecule has 7 heteroatoms. The van der Waals surface area contributed by atoms with E-state index in [4.69, 9.17) is 4.74 Å². The van der Waals surface area contributed by atoms with Crippen LogP contribution in [-0.4, -0.2) is 27.5 Å². The highest BCUT2D eigenvalue weighted by Crippen LogP contribution is 2.29. The van der Waals surface area contributed by atoms with Gasteiger partial charge in [0.1, 0.15) is 5.75 Å². The Balaban J connectivity index is 1.42. The van der Waals surface area contributed by atoms with Crippen molar-refractivity contribution in [3.63, 3.8) is 0 Å². The van der Waals surface area contributed by atoms with Crippen LogP contribution in [0.5, 0.6) is 5.75 Å². The van der Waals surface area contributed by atoms with Crippen LogP contribution >= 0.6 is 0 Å². The highest BCUT2D eigenvalue weighted by Gasteiger charge is 2.28. The zero-order valence-corrected chi connectivity index (χ0v) is 21.4. The van der Waals surface area contributed by atoms with Gasteiger partial charge in [-0.15, -0.1) is 0 Å². The Morgan fingerprint density at radius 1 is 1.03 bits per heavy atom. The highest BCUT2D eigenvalue weighted by molar-refractivity contribution is 7.89. The van der Waals surface area contributed by atoms with E-state index in [1.807, 2.05) is 38.1 Å². The number of benzene rings is 2. The smallest absolute Gasteiger partial charge is 0.240 e. The summed E-state index contributed by atoms with van der Waals surface area (Å²) in [5.74, 6) is 1.16. The molecular formula is C27H38N2O4S. The van der Waals surface area contributed by atoms with Gasteiger partial charge < -0.3 is 10.1 Å². The SMILES string of the molecule is CCCCOc1ccc([C@H](C)NC(=O)C2CCC(CNS(=O)(=O)c3ccc(C)cc3)CC2)cc1. The number of nitrogens with one attached hydrogen (secondary N) is 2. The first-order valence-corrected chi connectivity index (χ1v) is 13.9. The molecule has 3 rings (SSSR count). The number of hydrogen-bond donors (Lipinski definition) is 2. The van der Waals surface area contributed by atoms with Crippen molar-refractivity contribution in [3.8, 4) is 5.75 Å². The van der Waals surface area contributed by atoms with E-state index < -0.39 is 10.0 Å². The Hall–Kier alpha value is -2.38. The third-order valence-electron chi connectivity index (χ3n) is 6.62. The van der Waals surface area contributed by atoms with Gasteiger partial charge in [-0.05, 0) is 81.7 Å². The van der Waals surface area contributed by atoms with Crippen LogP contribution in [0, 0.1) is 18.8 Å². The predicted octanol–water partition coefficient (Wildman–Crippen LogP) is 5.14. The molecule has 2 aromatic rings. The molecular weight excluding hydrogens is 448 g/mol. The third-order valence-corrected chi connectivity index (χ3v) is 8.06. The number of rotatable bonds is 11. The lowest BCUT2D eigenvalue weighted by molar-refractivity contribution is -0.126. The molecule has 2 N–H and O–H groups in total. The summed E-state index contributed by atoms with van der Waals surface area (Å²) >= 11 is 0. The lowest BCUT2D eigenvalue weighted by Gasteiger charge is -2.29. The van der Waals surface area contributed by atoms with Crippen molar-refractivity contribution >= 4 is 15.9 Å². The zero-order valence-electron chi connectivity index (χ0n) is 20.5. The molecule has 1 aliphatic carbocycles. The maximum absolute atomic E-state index is 12.8. The lowest BCUT2D eigenvalue weighted by Crippen LogP contribution is -2.37. The summed E-state index contributed by atoms with van der Waals surface area (Å²) in [7, 11) is -3.50. The number of aryl methyl sites for hydroxylation is 1. The summed E-state index contributed by atoms with van der Waals surface area (Å²) in [6.07, 6.45) is 5.37. The van der Waals surface area contributed by atoms with Crippen molar-refractivity contribution in [2.45, 2.75) is 70.2 Å². The molecule has 0 radical (unpaired) electrons. The van der Waals surface area contributed by atoms with Gasteiger partial charge in [0, 0.05) is 12.5 Å². The predicted molar refractivity (Wildman–Crippen MR) is 135 cm³/mol. The first-order valence-electron chi connectivity index (χ1n) is 12.4. The van der Waals surface area contributed by atoms with Crippen molar-refractivity contribution in [3.05, 3.63) is 59.7 Å². The van der Waals surface area contributed by atoms with Gasteiger partial charge in [0.15, 0.2) is 0 Å². The lowest BCUT2D eigenvalue weighted by atomic mass is 9.81. The fraction of sp³-hybridized carbons (Fsp3) is 0.519. The molecule has 0 aromatic heterocycles. The van der Waals surface area contributed by atoms with Crippen LogP contribution in [0.2, 0.25) is 0 Å². The van der Waals surface area contributed by atoms with Gasteiger partial charge >= 0.3 is 0 Å². The summed E-state index contributed by atoms with van der Waals surface area (Å²) in [4.78, 5) is 13.1. The average molecular weight is 487 g/mol. The van der Waals surface area contributed by atoms with E-state index in [-0.39, 0.29) is 23.8 Å². The number of sulfonamides is 1. The van der Waals surface area contributed by atoms with Crippen LogP contribution in [0.25, 0.3) is 0 Å². The molecule has 0 heterocycles. The van der Waals surface area contributed by atoms with Gasteiger partial charge in [-0.25, -0.2) is 13.1 Å². The number of ether oxygens (including phenoxy) is 1. The van der Waals surface area contributed by atoms with E-state index in [1.54, 1.807) is 24.3 Å². The Labute approximate surface area is 204 Å². The number of carbonyl (C=O) groups excluding carboxylic acids is 1. The molecule has 6 nitrogen and oxygen atoms in total. The van der Waals surface area contributed by atoms with Crippen LogP contribution < -0.4 is 14.8 Å². The van der Waals surface area contributed by atoms with Gasteiger partial charge in [-0.2, -0.15) is 0 Å². The first-order chi connectivity index (χ1) is 16.3. The maximum Gasteiger partial charge on any atom is 0.240 e. The molecule has 34 heavy (non-hydrogen) atoms.